The van der Waals surface area contributed by atoms with Crippen LogP contribution in [0.3, 0.4) is 0 Å². The maximum absolute atomic E-state index is 5.33. The zero-order chi connectivity index (χ0) is 9.73. The molecule has 0 unspecified atom stereocenters. The Balaban J connectivity index is 2.60. The van der Waals surface area contributed by atoms with Crippen molar-refractivity contribution in [3.8, 4) is 0 Å². The molecule has 0 amide bonds. The van der Waals surface area contributed by atoms with Gasteiger partial charge in [0.25, 0.3) is 5.97 Å². The lowest BCUT2D eigenvalue weighted by Crippen LogP contribution is -2.44. The molecule has 0 aromatic rings. The molecule has 0 radical (unpaired) electrons. The van der Waals surface area contributed by atoms with Crippen LogP contribution in [0.2, 0.25) is 0 Å². The number of ether oxygens (including phenoxy) is 3. The number of methoxy groups -OCH3 is 3. The van der Waals surface area contributed by atoms with E-state index in [1.54, 1.807) is 21.3 Å². The van der Waals surface area contributed by atoms with E-state index in [0.29, 0.717) is 5.92 Å². The fraction of sp³-hybridized carbons (Fsp3) is 1.00. The van der Waals surface area contributed by atoms with E-state index >= 15 is 0 Å². The van der Waals surface area contributed by atoms with Crippen molar-refractivity contribution in [1.82, 2.24) is 0 Å². The Morgan fingerprint density at radius 3 is 1.69 bits per heavy atom. The first-order chi connectivity index (χ1) is 6.29. The zero-order valence-electron chi connectivity index (χ0n) is 8.84. The number of hydrogen-bond donors (Lipinski definition) is 0. The molecule has 0 saturated heterocycles. The Labute approximate surface area is 80.4 Å². The van der Waals surface area contributed by atoms with Gasteiger partial charge >= 0.3 is 0 Å². The maximum atomic E-state index is 5.33. The molecule has 0 aromatic carbocycles. The van der Waals surface area contributed by atoms with Crippen LogP contribution in [0.4, 0.5) is 0 Å². The second kappa shape index (κ2) is 4.94. The van der Waals surface area contributed by atoms with Gasteiger partial charge in [0.15, 0.2) is 0 Å². The molecule has 1 aliphatic rings. The molecule has 1 saturated carbocycles. The van der Waals surface area contributed by atoms with Crippen molar-refractivity contribution >= 4 is 0 Å². The summed E-state index contributed by atoms with van der Waals surface area (Å²) < 4.78 is 16.0. The van der Waals surface area contributed by atoms with E-state index in [0.717, 1.165) is 12.8 Å². The summed E-state index contributed by atoms with van der Waals surface area (Å²) in [6.07, 6.45) is 6.10. The third kappa shape index (κ3) is 2.22. The van der Waals surface area contributed by atoms with E-state index in [4.69, 9.17) is 14.2 Å². The summed E-state index contributed by atoms with van der Waals surface area (Å²) in [7, 11) is 4.92. The van der Waals surface area contributed by atoms with E-state index in [2.05, 4.69) is 0 Å². The standard InChI is InChI=1S/C10H20O3/c1-11-10(12-2,13-3)9-7-5-4-6-8-9/h9H,4-8H2,1-3H3. The molecule has 0 aromatic heterocycles. The van der Waals surface area contributed by atoms with Gasteiger partial charge in [0.05, 0.1) is 0 Å². The Morgan fingerprint density at radius 2 is 1.31 bits per heavy atom. The van der Waals surface area contributed by atoms with Gasteiger partial charge in [-0.25, -0.2) is 0 Å². The lowest BCUT2D eigenvalue weighted by molar-refractivity contribution is -0.381. The minimum absolute atomic E-state index is 0.376. The molecule has 1 aliphatic carbocycles. The van der Waals surface area contributed by atoms with Crippen LogP contribution in [0.25, 0.3) is 0 Å². The van der Waals surface area contributed by atoms with E-state index in [1.807, 2.05) is 0 Å². The molecular formula is C10H20O3. The summed E-state index contributed by atoms with van der Waals surface area (Å²) in [6.45, 7) is 0. The maximum Gasteiger partial charge on any atom is 0.285 e. The van der Waals surface area contributed by atoms with Gasteiger partial charge in [-0.1, -0.05) is 19.3 Å². The summed E-state index contributed by atoms with van der Waals surface area (Å²) in [4.78, 5) is 0. The van der Waals surface area contributed by atoms with Crippen LogP contribution >= 0.6 is 0 Å². The van der Waals surface area contributed by atoms with Crippen LogP contribution < -0.4 is 0 Å². The van der Waals surface area contributed by atoms with Crippen LogP contribution in [0, 0.1) is 5.92 Å². The molecule has 1 fully saturated rings. The average Bonchev–Trinajstić information content (AvgIpc) is 2.23. The van der Waals surface area contributed by atoms with Gasteiger partial charge in [0.1, 0.15) is 0 Å². The van der Waals surface area contributed by atoms with Gasteiger partial charge < -0.3 is 14.2 Å². The highest BCUT2D eigenvalue weighted by Gasteiger charge is 2.40. The van der Waals surface area contributed by atoms with Gasteiger partial charge in [-0.3, -0.25) is 0 Å². The molecular weight excluding hydrogens is 168 g/mol. The van der Waals surface area contributed by atoms with Crippen LogP contribution in [0.1, 0.15) is 32.1 Å². The van der Waals surface area contributed by atoms with E-state index in [-0.39, 0.29) is 0 Å². The van der Waals surface area contributed by atoms with Crippen molar-refractivity contribution in [3.63, 3.8) is 0 Å². The SMILES string of the molecule is COC(OC)(OC)C1CCCCC1. The average molecular weight is 188 g/mol. The minimum Gasteiger partial charge on any atom is -0.331 e. The molecule has 0 heterocycles. The van der Waals surface area contributed by atoms with Crippen molar-refractivity contribution < 1.29 is 14.2 Å². The highest BCUT2D eigenvalue weighted by atomic mass is 16.9. The Morgan fingerprint density at radius 1 is 0.846 bits per heavy atom. The first-order valence-electron chi connectivity index (χ1n) is 4.94. The Hall–Kier alpha value is -0.120. The molecule has 0 N–H and O–H groups in total. The van der Waals surface area contributed by atoms with Crippen molar-refractivity contribution in [2.75, 3.05) is 21.3 Å². The van der Waals surface area contributed by atoms with Crippen LogP contribution in [-0.2, 0) is 14.2 Å². The molecule has 0 spiro atoms. The van der Waals surface area contributed by atoms with Crippen molar-refractivity contribution in [3.05, 3.63) is 0 Å². The summed E-state index contributed by atoms with van der Waals surface area (Å²) in [5, 5.41) is 0. The molecule has 3 nitrogen and oxygen atoms in total. The third-order valence-electron chi connectivity index (χ3n) is 2.96. The van der Waals surface area contributed by atoms with Crippen molar-refractivity contribution in [1.29, 1.82) is 0 Å². The molecule has 1 rings (SSSR count). The zero-order valence-corrected chi connectivity index (χ0v) is 8.84. The van der Waals surface area contributed by atoms with E-state index < -0.39 is 5.97 Å². The van der Waals surface area contributed by atoms with Crippen molar-refractivity contribution in [2.45, 2.75) is 38.1 Å². The molecule has 3 heteroatoms. The van der Waals surface area contributed by atoms with Crippen LogP contribution in [0.5, 0.6) is 0 Å². The summed E-state index contributed by atoms with van der Waals surface area (Å²) in [5.41, 5.74) is 0. The first kappa shape index (κ1) is 11.0. The molecule has 0 atom stereocenters. The largest absolute Gasteiger partial charge is 0.331 e. The Bertz CT molecular complexity index is 129. The topological polar surface area (TPSA) is 27.7 Å². The van der Waals surface area contributed by atoms with Gasteiger partial charge in [0, 0.05) is 27.2 Å². The fourth-order valence-corrected chi connectivity index (χ4v) is 2.21. The molecule has 0 bridgehead atoms. The predicted molar refractivity (Wildman–Crippen MR) is 50.3 cm³/mol. The van der Waals surface area contributed by atoms with E-state index in [9.17, 15) is 0 Å². The molecule has 78 valence electrons. The quantitative estimate of drug-likeness (QED) is 0.633. The van der Waals surface area contributed by atoms with Gasteiger partial charge in [-0.05, 0) is 12.8 Å². The summed E-state index contributed by atoms with van der Waals surface area (Å²) in [5.74, 6) is -0.429. The second-order valence-electron chi connectivity index (χ2n) is 3.55. The second-order valence-corrected chi connectivity index (χ2v) is 3.55. The normalized spacial score (nSPS) is 20.5. The van der Waals surface area contributed by atoms with Crippen LogP contribution in [-0.4, -0.2) is 27.3 Å². The molecule has 13 heavy (non-hydrogen) atoms. The molecule has 0 aliphatic heterocycles. The fourth-order valence-electron chi connectivity index (χ4n) is 2.21. The smallest absolute Gasteiger partial charge is 0.285 e. The Kier molecular flexibility index (Phi) is 4.16. The number of rotatable bonds is 4. The predicted octanol–water partition coefficient (Wildman–Crippen LogP) is 2.16. The van der Waals surface area contributed by atoms with Crippen molar-refractivity contribution in [2.24, 2.45) is 5.92 Å². The van der Waals surface area contributed by atoms with Gasteiger partial charge in [-0.2, -0.15) is 0 Å². The summed E-state index contributed by atoms with van der Waals surface area (Å²) in [6, 6.07) is 0. The summed E-state index contributed by atoms with van der Waals surface area (Å²) >= 11 is 0. The first-order valence-corrected chi connectivity index (χ1v) is 4.94. The lowest BCUT2D eigenvalue weighted by Gasteiger charge is -2.38. The van der Waals surface area contributed by atoms with Gasteiger partial charge in [-0.15, -0.1) is 0 Å². The minimum atomic E-state index is -0.805. The monoisotopic (exact) mass is 188 g/mol. The van der Waals surface area contributed by atoms with Gasteiger partial charge in [0.2, 0.25) is 0 Å². The number of hydrogen-bond acceptors (Lipinski definition) is 3. The highest BCUT2D eigenvalue weighted by Crippen LogP contribution is 2.35. The van der Waals surface area contributed by atoms with Crippen LogP contribution in [0.15, 0.2) is 0 Å². The third-order valence-corrected chi connectivity index (χ3v) is 2.96. The van der Waals surface area contributed by atoms with E-state index in [1.165, 1.54) is 19.3 Å². The lowest BCUT2D eigenvalue weighted by atomic mass is 9.87. The highest BCUT2D eigenvalue weighted by molar-refractivity contribution is 4.74.